The van der Waals surface area contributed by atoms with Gasteiger partial charge in [-0.15, -0.1) is 0 Å². The third kappa shape index (κ3) is 5.16. The Kier molecular flexibility index (Phi) is 6.39. The lowest BCUT2D eigenvalue weighted by Crippen LogP contribution is -2.52. The minimum atomic E-state index is -0.307. The summed E-state index contributed by atoms with van der Waals surface area (Å²) in [5.74, 6) is 0.149. The minimum absolute atomic E-state index is 0.0167. The molecule has 0 saturated carbocycles. The molecule has 0 aromatic heterocycles. The molecule has 1 aliphatic rings. The van der Waals surface area contributed by atoms with E-state index >= 15 is 0 Å². The maximum Gasteiger partial charge on any atom is 0.216 e. The van der Waals surface area contributed by atoms with Gasteiger partial charge in [-0.3, -0.25) is 9.69 Å². The van der Waals surface area contributed by atoms with E-state index < -0.39 is 0 Å². The first-order valence-corrected chi connectivity index (χ1v) is 8.31. The number of nitrogens with zero attached hydrogens (tertiary/aromatic N) is 2. The van der Waals surface area contributed by atoms with Crippen LogP contribution in [0.2, 0.25) is 5.02 Å². The number of hydrogen-bond donors (Lipinski definition) is 1. The number of amides is 1. The summed E-state index contributed by atoms with van der Waals surface area (Å²) in [6.07, 6.45) is 1.02. The Morgan fingerprint density at radius 2 is 2.22 bits per heavy atom. The summed E-state index contributed by atoms with van der Waals surface area (Å²) in [5.41, 5.74) is 0.950. The second-order valence-corrected chi connectivity index (χ2v) is 6.89. The maximum absolute atomic E-state index is 13.2. The molecule has 1 aliphatic heterocycles. The molecule has 2 atom stereocenters. The van der Waals surface area contributed by atoms with Gasteiger partial charge in [0.15, 0.2) is 0 Å². The molecule has 0 radical (unpaired) electrons. The standard InChI is InChI=1S/C17H25ClFN3O/c1-12(23)20-9-13-6-7-22(11-17(13)21(2)3)10-14-4-5-15(19)8-16(14)18/h4-5,8,13,17H,6-7,9-11H2,1-3H3,(H,20,23)/t13-,17-/m1/s1. The Labute approximate surface area is 142 Å². The molecule has 0 unspecified atom stereocenters. The molecule has 128 valence electrons. The van der Waals surface area contributed by atoms with Crippen molar-refractivity contribution >= 4 is 17.5 Å². The number of halogens is 2. The molecule has 1 heterocycles. The van der Waals surface area contributed by atoms with Crippen LogP contribution >= 0.6 is 11.6 Å². The molecular formula is C17H25ClFN3O. The average molecular weight is 342 g/mol. The van der Waals surface area contributed by atoms with Crippen molar-refractivity contribution in [3.8, 4) is 0 Å². The van der Waals surface area contributed by atoms with Gasteiger partial charge in [0.1, 0.15) is 5.82 Å². The number of benzene rings is 1. The lowest BCUT2D eigenvalue weighted by Gasteiger charge is -2.42. The van der Waals surface area contributed by atoms with Gasteiger partial charge in [0.2, 0.25) is 5.91 Å². The third-order valence-electron chi connectivity index (χ3n) is 4.49. The van der Waals surface area contributed by atoms with Crippen LogP contribution in [-0.4, -0.2) is 55.5 Å². The Balaban J connectivity index is 1.99. The van der Waals surface area contributed by atoms with Crippen molar-refractivity contribution in [1.82, 2.24) is 15.1 Å². The van der Waals surface area contributed by atoms with E-state index in [9.17, 15) is 9.18 Å². The highest BCUT2D eigenvalue weighted by molar-refractivity contribution is 6.31. The predicted molar refractivity (Wildman–Crippen MR) is 91.0 cm³/mol. The zero-order valence-electron chi connectivity index (χ0n) is 14.0. The molecule has 0 bridgehead atoms. The fourth-order valence-electron chi connectivity index (χ4n) is 3.18. The molecule has 0 spiro atoms. The summed E-state index contributed by atoms with van der Waals surface area (Å²) in [6, 6.07) is 4.94. The SMILES string of the molecule is CC(=O)NC[C@H]1CCN(Cc2ccc(F)cc2Cl)C[C@H]1N(C)C. The molecule has 4 nitrogen and oxygen atoms in total. The van der Waals surface area contributed by atoms with Crippen molar-refractivity contribution in [1.29, 1.82) is 0 Å². The first-order chi connectivity index (χ1) is 10.9. The van der Waals surface area contributed by atoms with Crippen molar-refractivity contribution in [2.45, 2.75) is 25.9 Å². The maximum atomic E-state index is 13.2. The molecule has 1 aromatic rings. The predicted octanol–water partition coefficient (Wildman–Crippen LogP) is 2.37. The first kappa shape index (κ1) is 18.2. The van der Waals surface area contributed by atoms with Gasteiger partial charge >= 0.3 is 0 Å². The highest BCUT2D eigenvalue weighted by Gasteiger charge is 2.30. The lowest BCUT2D eigenvalue weighted by atomic mass is 9.90. The Hall–Kier alpha value is -1.17. The zero-order valence-corrected chi connectivity index (χ0v) is 14.7. The van der Waals surface area contributed by atoms with Crippen molar-refractivity contribution in [3.05, 3.63) is 34.6 Å². The van der Waals surface area contributed by atoms with E-state index in [4.69, 9.17) is 11.6 Å². The summed E-state index contributed by atoms with van der Waals surface area (Å²) in [7, 11) is 4.14. The summed E-state index contributed by atoms with van der Waals surface area (Å²) >= 11 is 6.14. The number of rotatable bonds is 5. The monoisotopic (exact) mass is 341 g/mol. The van der Waals surface area contributed by atoms with Crippen molar-refractivity contribution in [2.24, 2.45) is 5.92 Å². The van der Waals surface area contributed by atoms with Crippen molar-refractivity contribution in [3.63, 3.8) is 0 Å². The van der Waals surface area contributed by atoms with Crippen LogP contribution in [0.4, 0.5) is 4.39 Å². The Morgan fingerprint density at radius 3 is 2.83 bits per heavy atom. The van der Waals surface area contributed by atoms with E-state index in [0.29, 0.717) is 23.5 Å². The van der Waals surface area contributed by atoms with Gasteiger partial charge in [-0.25, -0.2) is 4.39 Å². The number of likely N-dealkylation sites (N-methyl/N-ethyl adjacent to an activating group) is 1. The number of carbonyl (C=O) groups excluding carboxylic acids is 1. The van der Waals surface area contributed by atoms with Gasteiger partial charge < -0.3 is 10.2 Å². The van der Waals surface area contributed by atoms with Gasteiger partial charge in [0.25, 0.3) is 0 Å². The smallest absolute Gasteiger partial charge is 0.216 e. The fourth-order valence-corrected chi connectivity index (χ4v) is 3.40. The van der Waals surface area contributed by atoms with Crippen molar-refractivity contribution < 1.29 is 9.18 Å². The summed E-state index contributed by atoms with van der Waals surface area (Å²) in [6.45, 7) is 4.84. The Morgan fingerprint density at radius 1 is 1.48 bits per heavy atom. The van der Waals surface area contributed by atoms with Gasteiger partial charge in [0, 0.05) is 37.6 Å². The molecule has 1 aromatic carbocycles. The second kappa shape index (κ2) is 8.08. The molecule has 1 N–H and O–H groups in total. The fraction of sp³-hybridized carbons (Fsp3) is 0.588. The van der Waals surface area contributed by atoms with Crippen molar-refractivity contribution in [2.75, 3.05) is 33.7 Å². The number of carbonyl (C=O) groups is 1. The van der Waals surface area contributed by atoms with Crippen LogP contribution in [0, 0.1) is 11.7 Å². The number of piperidine rings is 1. The van der Waals surface area contributed by atoms with Gasteiger partial charge in [0.05, 0.1) is 0 Å². The van der Waals surface area contributed by atoms with E-state index in [0.717, 1.165) is 31.6 Å². The first-order valence-electron chi connectivity index (χ1n) is 7.94. The highest BCUT2D eigenvalue weighted by atomic mass is 35.5. The normalized spacial score (nSPS) is 22.3. The van der Waals surface area contributed by atoms with E-state index in [1.165, 1.54) is 12.1 Å². The molecule has 6 heteroatoms. The average Bonchev–Trinajstić information content (AvgIpc) is 2.48. The Bertz CT molecular complexity index is 553. The topological polar surface area (TPSA) is 35.6 Å². The van der Waals surface area contributed by atoms with Crippen LogP contribution in [0.25, 0.3) is 0 Å². The number of hydrogen-bond acceptors (Lipinski definition) is 3. The van der Waals surface area contributed by atoms with Crippen LogP contribution in [0.1, 0.15) is 18.9 Å². The summed E-state index contributed by atoms with van der Waals surface area (Å²) in [4.78, 5) is 15.7. The quantitative estimate of drug-likeness (QED) is 0.893. The van der Waals surface area contributed by atoms with E-state index in [2.05, 4.69) is 29.2 Å². The minimum Gasteiger partial charge on any atom is -0.356 e. The van der Waals surface area contributed by atoms with Crippen LogP contribution in [-0.2, 0) is 11.3 Å². The number of nitrogens with one attached hydrogen (secondary N) is 1. The largest absolute Gasteiger partial charge is 0.356 e. The second-order valence-electron chi connectivity index (χ2n) is 6.49. The molecule has 0 aliphatic carbocycles. The molecular weight excluding hydrogens is 317 g/mol. The lowest BCUT2D eigenvalue weighted by molar-refractivity contribution is -0.119. The molecule has 1 amide bonds. The van der Waals surface area contributed by atoms with Gasteiger partial charge in [-0.05, 0) is 50.7 Å². The number of likely N-dealkylation sites (tertiary alicyclic amines) is 1. The molecule has 2 rings (SSSR count). The van der Waals surface area contributed by atoms with Gasteiger partial charge in [-0.2, -0.15) is 0 Å². The zero-order chi connectivity index (χ0) is 17.0. The van der Waals surface area contributed by atoms with Crippen LogP contribution in [0.15, 0.2) is 18.2 Å². The van der Waals surface area contributed by atoms with E-state index in [1.807, 2.05) is 0 Å². The van der Waals surface area contributed by atoms with Crippen LogP contribution in [0.5, 0.6) is 0 Å². The van der Waals surface area contributed by atoms with Crippen LogP contribution < -0.4 is 5.32 Å². The summed E-state index contributed by atoms with van der Waals surface area (Å²) in [5, 5.41) is 3.41. The summed E-state index contributed by atoms with van der Waals surface area (Å²) < 4.78 is 13.2. The van der Waals surface area contributed by atoms with Gasteiger partial charge in [-0.1, -0.05) is 17.7 Å². The van der Waals surface area contributed by atoms with Crippen LogP contribution in [0.3, 0.4) is 0 Å². The molecule has 1 fully saturated rings. The molecule has 1 saturated heterocycles. The third-order valence-corrected chi connectivity index (χ3v) is 4.84. The van der Waals surface area contributed by atoms with E-state index in [-0.39, 0.29) is 11.7 Å². The van der Waals surface area contributed by atoms with E-state index in [1.54, 1.807) is 13.0 Å². The highest BCUT2D eigenvalue weighted by Crippen LogP contribution is 2.25. The molecule has 23 heavy (non-hydrogen) atoms.